The molecule has 0 saturated carbocycles. The first-order chi connectivity index (χ1) is 22.7. The Morgan fingerprint density at radius 2 is 1.13 bits per heavy atom. The first-order valence-electron chi connectivity index (χ1n) is 15.1. The zero-order valence-corrected chi connectivity index (χ0v) is 25.9. The molecule has 0 unspecified atom stereocenters. The number of rotatable bonds is 4. The van der Waals surface area contributed by atoms with E-state index in [9.17, 15) is 0 Å². The van der Waals surface area contributed by atoms with E-state index in [1.165, 1.54) is 16.3 Å². The molecule has 0 aliphatic carbocycles. The van der Waals surface area contributed by atoms with E-state index in [1.807, 2.05) is 53.2 Å². The van der Waals surface area contributed by atoms with E-state index in [0.717, 1.165) is 55.3 Å². The van der Waals surface area contributed by atoms with Crippen LogP contribution in [0.15, 0.2) is 146 Å². The Hall–Kier alpha value is -5.42. The molecule has 3 aromatic heterocycles. The molecule has 9 aromatic rings. The van der Waals surface area contributed by atoms with Gasteiger partial charge in [0.05, 0.1) is 27.1 Å². The van der Waals surface area contributed by atoms with Gasteiger partial charge in [-0.05, 0) is 70.8 Å². The SMILES string of the molecule is Clc1c(Cl)n(-c2ncc3c(-c4ccccc4)cccc3n2)c2ccc(-c3ccc4c(c3)c3ccccc3n4-c3ccccc3)cc12. The zero-order chi connectivity index (χ0) is 30.8. The summed E-state index contributed by atoms with van der Waals surface area (Å²) in [5.41, 5.74) is 9.50. The average Bonchev–Trinajstić information content (AvgIpc) is 3.58. The quantitative estimate of drug-likeness (QED) is 0.194. The standard InChI is InChI=1S/C40H24Cl2N4/c41-38-32-23-27(26-18-20-36-31(22-26)30-14-7-8-17-35(30)45(36)28-12-5-2-6-13-28)19-21-37(32)46(39(38)42)40-43-24-33-29(15-9-16-34(33)44-40)25-10-3-1-4-11-25/h1-24H. The minimum absolute atomic E-state index is 0.383. The Kier molecular flexibility index (Phi) is 6.20. The molecular formula is C40H24Cl2N4. The highest BCUT2D eigenvalue weighted by Crippen LogP contribution is 2.40. The van der Waals surface area contributed by atoms with Gasteiger partial charge in [-0.3, -0.25) is 4.57 Å². The number of benzene rings is 6. The normalized spacial score (nSPS) is 11.7. The second kappa shape index (κ2) is 10.6. The van der Waals surface area contributed by atoms with Crippen LogP contribution in [-0.4, -0.2) is 19.1 Å². The molecule has 0 spiro atoms. The van der Waals surface area contributed by atoms with Crippen molar-refractivity contribution in [3.8, 4) is 33.9 Å². The van der Waals surface area contributed by atoms with Gasteiger partial charge in [-0.2, -0.15) is 0 Å². The van der Waals surface area contributed by atoms with Gasteiger partial charge in [-0.1, -0.05) is 114 Å². The van der Waals surface area contributed by atoms with Crippen LogP contribution in [0, 0.1) is 0 Å². The molecule has 6 aromatic carbocycles. The van der Waals surface area contributed by atoms with E-state index in [1.54, 1.807) is 0 Å². The van der Waals surface area contributed by atoms with E-state index in [0.29, 0.717) is 16.1 Å². The Labute approximate surface area is 274 Å². The monoisotopic (exact) mass is 630 g/mol. The topological polar surface area (TPSA) is 35.6 Å². The van der Waals surface area contributed by atoms with Crippen molar-refractivity contribution >= 4 is 66.8 Å². The average molecular weight is 632 g/mol. The van der Waals surface area contributed by atoms with E-state index < -0.39 is 0 Å². The van der Waals surface area contributed by atoms with Gasteiger partial charge >= 0.3 is 0 Å². The Morgan fingerprint density at radius 3 is 1.91 bits per heavy atom. The molecule has 0 fully saturated rings. The van der Waals surface area contributed by atoms with Crippen LogP contribution in [0.2, 0.25) is 10.2 Å². The highest BCUT2D eigenvalue weighted by Gasteiger charge is 2.20. The van der Waals surface area contributed by atoms with Crippen molar-refractivity contribution in [3.63, 3.8) is 0 Å². The van der Waals surface area contributed by atoms with Crippen LogP contribution in [-0.2, 0) is 0 Å². The minimum atomic E-state index is 0.383. The van der Waals surface area contributed by atoms with Crippen LogP contribution >= 0.6 is 23.2 Å². The molecule has 218 valence electrons. The summed E-state index contributed by atoms with van der Waals surface area (Å²) in [5, 5.41) is 5.08. The van der Waals surface area contributed by atoms with Crippen molar-refractivity contribution < 1.29 is 0 Å². The van der Waals surface area contributed by atoms with E-state index in [4.69, 9.17) is 33.2 Å². The number of para-hydroxylation sites is 2. The first-order valence-corrected chi connectivity index (χ1v) is 15.8. The lowest BCUT2D eigenvalue weighted by Crippen LogP contribution is -2.01. The molecule has 0 amide bonds. The number of hydrogen-bond acceptors (Lipinski definition) is 2. The molecular weight excluding hydrogens is 607 g/mol. The Bertz CT molecular complexity index is 2600. The summed E-state index contributed by atoms with van der Waals surface area (Å²) in [6.07, 6.45) is 1.87. The minimum Gasteiger partial charge on any atom is -0.309 e. The molecule has 6 heteroatoms. The summed E-state index contributed by atoms with van der Waals surface area (Å²) in [6.45, 7) is 0. The maximum atomic E-state index is 6.91. The van der Waals surface area contributed by atoms with E-state index >= 15 is 0 Å². The number of hydrogen-bond donors (Lipinski definition) is 0. The summed E-state index contributed by atoms with van der Waals surface area (Å²) in [6, 6.07) is 48.3. The molecule has 0 atom stereocenters. The molecule has 0 N–H and O–H groups in total. The van der Waals surface area contributed by atoms with Crippen LogP contribution in [0.3, 0.4) is 0 Å². The van der Waals surface area contributed by atoms with Gasteiger partial charge in [0, 0.05) is 33.4 Å². The van der Waals surface area contributed by atoms with Gasteiger partial charge in [-0.25, -0.2) is 9.97 Å². The summed E-state index contributed by atoms with van der Waals surface area (Å²) < 4.78 is 4.15. The summed E-state index contributed by atoms with van der Waals surface area (Å²) >= 11 is 13.8. The molecule has 0 bridgehead atoms. The summed E-state index contributed by atoms with van der Waals surface area (Å²) in [4.78, 5) is 9.70. The molecule has 0 aliphatic heterocycles. The third-order valence-electron chi connectivity index (χ3n) is 8.77. The largest absolute Gasteiger partial charge is 0.309 e. The van der Waals surface area contributed by atoms with Crippen molar-refractivity contribution in [3.05, 3.63) is 156 Å². The molecule has 4 nitrogen and oxygen atoms in total. The number of nitrogens with zero attached hydrogens (tertiary/aromatic N) is 4. The van der Waals surface area contributed by atoms with Gasteiger partial charge in [-0.15, -0.1) is 0 Å². The predicted molar refractivity (Wildman–Crippen MR) is 192 cm³/mol. The summed E-state index contributed by atoms with van der Waals surface area (Å²) in [5.74, 6) is 0.475. The molecule has 0 aliphatic rings. The van der Waals surface area contributed by atoms with Crippen molar-refractivity contribution in [1.29, 1.82) is 0 Å². The van der Waals surface area contributed by atoms with Gasteiger partial charge in [0.15, 0.2) is 0 Å². The van der Waals surface area contributed by atoms with Crippen molar-refractivity contribution in [2.75, 3.05) is 0 Å². The molecule has 3 heterocycles. The highest BCUT2D eigenvalue weighted by molar-refractivity contribution is 6.45. The number of halogens is 2. The molecule has 0 saturated heterocycles. The second-order valence-electron chi connectivity index (χ2n) is 11.4. The zero-order valence-electron chi connectivity index (χ0n) is 24.4. The predicted octanol–water partition coefficient (Wildman–Crippen LogP) is 11.3. The highest BCUT2D eigenvalue weighted by atomic mass is 35.5. The van der Waals surface area contributed by atoms with Crippen molar-refractivity contribution in [1.82, 2.24) is 19.1 Å². The number of fused-ring (bicyclic) bond motifs is 5. The van der Waals surface area contributed by atoms with E-state index in [-0.39, 0.29) is 0 Å². The van der Waals surface area contributed by atoms with E-state index in [2.05, 4.69) is 102 Å². The maximum Gasteiger partial charge on any atom is 0.235 e. The number of aromatic nitrogens is 4. The van der Waals surface area contributed by atoms with Crippen LogP contribution in [0.4, 0.5) is 0 Å². The van der Waals surface area contributed by atoms with Crippen molar-refractivity contribution in [2.24, 2.45) is 0 Å². The fraction of sp³-hybridized carbons (Fsp3) is 0. The van der Waals surface area contributed by atoms with Crippen LogP contribution < -0.4 is 0 Å². The maximum absolute atomic E-state index is 6.91. The third kappa shape index (κ3) is 4.15. The van der Waals surface area contributed by atoms with Gasteiger partial charge in [0.1, 0.15) is 5.15 Å². The van der Waals surface area contributed by atoms with Crippen LogP contribution in [0.5, 0.6) is 0 Å². The van der Waals surface area contributed by atoms with Crippen molar-refractivity contribution in [2.45, 2.75) is 0 Å². The first kappa shape index (κ1) is 26.9. The fourth-order valence-electron chi connectivity index (χ4n) is 6.63. The lowest BCUT2D eigenvalue weighted by atomic mass is 10.0. The Balaban J connectivity index is 1.17. The second-order valence-corrected chi connectivity index (χ2v) is 12.1. The Morgan fingerprint density at radius 1 is 0.478 bits per heavy atom. The lowest BCUT2D eigenvalue weighted by Gasteiger charge is -2.10. The molecule has 0 radical (unpaired) electrons. The lowest BCUT2D eigenvalue weighted by molar-refractivity contribution is 0.982. The fourth-order valence-corrected chi connectivity index (χ4v) is 7.13. The third-order valence-corrected chi connectivity index (χ3v) is 9.61. The summed E-state index contributed by atoms with van der Waals surface area (Å²) in [7, 11) is 0. The van der Waals surface area contributed by atoms with Gasteiger partial charge < -0.3 is 4.57 Å². The molecule has 9 rings (SSSR count). The van der Waals surface area contributed by atoms with Gasteiger partial charge in [0.2, 0.25) is 5.95 Å². The van der Waals surface area contributed by atoms with Crippen LogP contribution in [0.1, 0.15) is 0 Å². The van der Waals surface area contributed by atoms with Crippen LogP contribution in [0.25, 0.3) is 77.5 Å². The molecule has 46 heavy (non-hydrogen) atoms. The van der Waals surface area contributed by atoms with Gasteiger partial charge in [0.25, 0.3) is 0 Å². The smallest absolute Gasteiger partial charge is 0.235 e.